The second-order valence-corrected chi connectivity index (χ2v) is 9.90. The minimum Gasteiger partial charge on any atom is -0.433 e. The van der Waals surface area contributed by atoms with Crippen LogP contribution in [0.2, 0.25) is 0 Å². The number of benzene rings is 2. The largest absolute Gasteiger partial charge is 0.514 e. The number of carbonyl (C=O) groups excluding carboxylic acids is 2. The van der Waals surface area contributed by atoms with E-state index < -0.39 is 32.8 Å². The number of ether oxygens (including phenoxy) is 2. The molecule has 0 fully saturated rings. The zero-order valence-electron chi connectivity index (χ0n) is 16.4. The van der Waals surface area contributed by atoms with E-state index in [2.05, 4.69) is 0 Å². The summed E-state index contributed by atoms with van der Waals surface area (Å²) in [4.78, 5) is 25.0. The quantitative estimate of drug-likeness (QED) is 0.694. The lowest BCUT2D eigenvalue weighted by Gasteiger charge is -2.17. The molecule has 6 nitrogen and oxygen atoms in total. The van der Waals surface area contributed by atoms with Gasteiger partial charge in [-0.25, -0.2) is 13.2 Å². The van der Waals surface area contributed by atoms with Crippen LogP contribution < -0.4 is 0 Å². The Balaban J connectivity index is 2.05. The highest BCUT2D eigenvalue weighted by molar-refractivity contribution is 8.02. The number of Topliss-reactive ketones (excluding diaryl/α,β-unsaturated/α-hetero) is 1. The Labute approximate surface area is 170 Å². The smallest absolute Gasteiger partial charge is 0.433 e. The molecular formula is C22H22O6S. The van der Waals surface area contributed by atoms with Crippen molar-refractivity contribution in [2.45, 2.75) is 26.0 Å². The lowest BCUT2D eigenvalue weighted by atomic mass is 9.99. The Morgan fingerprint density at radius 1 is 0.966 bits per heavy atom. The SMILES string of the molecule is CC(C)(C)COC(=O)OC1=C(c2ccccc2)S(=O)(=O)C(c2ccccc2)C1=O. The number of hydrogen-bond donors (Lipinski definition) is 0. The number of ketones is 1. The van der Waals surface area contributed by atoms with Crippen LogP contribution in [0.15, 0.2) is 66.4 Å². The lowest BCUT2D eigenvalue weighted by Crippen LogP contribution is -2.21. The van der Waals surface area contributed by atoms with Gasteiger partial charge in [-0.3, -0.25) is 4.79 Å². The Bertz CT molecular complexity index is 1050. The first-order valence-corrected chi connectivity index (χ1v) is 10.6. The molecule has 7 heteroatoms. The van der Waals surface area contributed by atoms with Gasteiger partial charge in [-0.1, -0.05) is 81.4 Å². The molecule has 1 aliphatic heterocycles. The van der Waals surface area contributed by atoms with Crippen LogP contribution in [-0.2, 0) is 24.1 Å². The van der Waals surface area contributed by atoms with E-state index in [1.807, 2.05) is 20.8 Å². The van der Waals surface area contributed by atoms with E-state index in [0.29, 0.717) is 5.56 Å². The Hall–Kier alpha value is -2.93. The van der Waals surface area contributed by atoms with Gasteiger partial charge >= 0.3 is 6.16 Å². The van der Waals surface area contributed by atoms with Gasteiger partial charge in [0.05, 0.1) is 6.61 Å². The second-order valence-electron chi connectivity index (χ2n) is 7.93. The number of rotatable bonds is 4. The molecule has 1 unspecified atom stereocenters. The van der Waals surface area contributed by atoms with Crippen molar-refractivity contribution in [3.8, 4) is 0 Å². The van der Waals surface area contributed by atoms with E-state index in [4.69, 9.17) is 9.47 Å². The van der Waals surface area contributed by atoms with Crippen molar-refractivity contribution < 1.29 is 27.5 Å². The zero-order valence-corrected chi connectivity index (χ0v) is 17.2. The fourth-order valence-electron chi connectivity index (χ4n) is 2.95. The summed E-state index contributed by atoms with van der Waals surface area (Å²) >= 11 is 0. The topological polar surface area (TPSA) is 86.7 Å². The summed E-state index contributed by atoms with van der Waals surface area (Å²) < 4.78 is 36.8. The van der Waals surface area contributed by atoms with Crippen LogP contribution in [0.4, 0.5) is 4.79 Å². The van der Waals surface area contributed by atoms with Crippen LogP contribution in [0, 0.1) is 5.41 Å². The van der Waals surface area contributed by atoms with Crippen molar-refractivity contribution >= 4 is 26.7 Å². The van der Waals surface area contributed by atoms with Gasteiger partial charge in [-0.2, -0.15) is 0 Å². The zero-order chi connectivity index (χ0) is 21.2. The van der Waals surface area contributed by atoms with Crippen LogP contribution in [-0.4, -0.2) is 27.0 Å². The van der Waals surface area contributed by atoms with Gasteiger partial charge in [0.25, 0.3) is 0 Å². The van der Waals surface area contributed by atoms with Crippen LogP contribution in [0.5, 0.6) is 0 Å². The standard InChI is InChI=1S/C22H22O6S/c1-22(2,3)14-27-21(24)28-18-17(23)19(15-10-6-4-7-11-15)29(25,26)20(18)16-12-8-5-9-13-16/h4-13,19H,14H2,1-3H3. The van der Waals surface area contributed by atoms with E-state index >= 15 is 0 Å². The van der Waals surface area contributed by atoms with Gasteiger partial charge in [-0.05, 0) is 16.5 Å². The fourth-order valence-corrected chi connectivity index (χ4v) is 4.95. The molecule has 0 saturated carbocycles. The maximum atomic E-state index is 13.3. The van der Waals surface area contributed by atoms with Crippen molar-refractivity contribution in [2.75, 3.05) is 6.61 Å². The summed E-state index contributed by atoms with van der Waals surface area (Å²) in [6, 6.07) is 16.3. The molecule has 29 heavy (non-hydrogen) atoms. The van der Waals surface area contributed by atoms with Gasteiger partial charge in [-0.15, -0.1) is 0 Å². The highest BCUT2D eigenvalue weighted by Gasteiger charge is 2.50. The first kappa shape index (κ1) is 20.8. The minimum absolute atomic E-state index is 0.0584. The number of allylic oxidation sites excluding steroid dienone is 1. The van der Waals surface area contributed by atoms with Crippen molar-refractivity contribution in [1.29, 1.82) is 0 Å². The molecule has 1 heterocycles. The fraction of sp³-hybridized carbons (Fsp3) is 0.273. The average Bonchev–Trinajstić information content (AvgIpc) is 2.86. The van der Waals surface area contributed by atoms with Gasteiger partial charge < -0.3 is 9.47 Å². The normalized spacial score (nSPS) is 18.6. The van der Waals surface area contributed by atoms with Crippen molar-refractivity contribution in [3.63, 3.8) is 0 Å². The van der Waals surface area contributed by atoms with Crippen molar-refractivity contribution in [3.05, 3.63) is 77.5 Å². The summed E-state index contributed by atoms with van der Waals surface area (Å²) in [5.41, 5.74) is 0.277. The van der Waals surface area contributed by atoms with E-state index in [9.17, 15) is 18.0 Å². The molecule has 0 saturated heterocycles. The molecule has 2 aromatic rings. The third-order valence-corrected chi connectivity index (χ3v) is 6.31. The highest BCUT2D eigenvalue weighted by Crippen LogP contribution is 2.44. The van der Waals surface area contributed by atoms with Crippen LogP contribution in [0.1, 0.15) is 37.1 Å². The molecule has 0 aromatic heterocycles. The Morgan fingerprint density at radius 2 is 1.52 bits per heavy atom. The molecule has 0 amide bonds. The molecule has 2 aromatic carbocycles. The molecule has 0 radical (unpaired) electrons. The third-order valence-electron chi connectivity index (χ3n) is 4.21. The van der Waals surface area contributed by atoms with Gasteiger partial charge in [0.15, 0.2) is 20.8 Å². The molecule has 0 bridgehead atoms. The summed E-state index contributed by atoms with van der Waals surface area (Å²) in [5, 5.41) is -1.47. The lowest BCUT2D eigenvalue weighted by molar-refractivity contribution is -0.117. The van der Waals surface area contributed by atoms with Crippen molar-refractivity contribution in [1.82, 2.24) is 0 Å². The van der Waals surface area contributed by atoms with Gasteiger partial charge in [0.1, 0.15) is 4.91 Å². The average molecular weight is 414 g/mol. The molecule has 3 rings (SSSR count). The number of sulfone groups is 1. The molecule has 0 N–H and O–H groups in total. The Kier molecular flexibility index (Phi) is 5.61. The maximum absolute atomic E-state index is 13.3. The predicted molar refractivity (Wildman–Crippen MR) is 108 cm³/mol. The number of hydrogen-bond acceptors (Lipinski definition) is 6. The molecule has 1 aliphatic rings. The predicted octanol–water partition coefficient (Wildman–Crippen LogP) is 4.29. The van der Waals surface area contributed by atoms with Gasteiger partial charge in [0.2, 0.25) is 5.78 Å². The minimum atomic E-state index is -4.12. The summed E-state index contributed by atoms with van der Waals surface area (Å²) in [6.45, 7) is 5.66. The third kappa shape index (κ3) is 4.40. The van der Waals surface area contributed by atoms with Crippen LogP contribution in [0.3, 0.4) is 0 Å². The van der Waals surface area contributed by atoms with E-state index in [1.165, 1.54) is 0 Å². The first-order valence-electron chi connectivity index (χ1n) is 9.08. The molecule has 152 valence electrons. The first-order chi connectivity index (χ1) is 13.6. The summed E-state index contributed by atoms with van der Waals surface area (Å²) in [7, 11) is -4.12. The monoisotopic (exact) mass is 414 g/mol. The van der Waals surface area contributed by atoms with E-state index in [0.717, 1.165) is 0 Å². The van der Waals surface area contributed by atoms with Crippen LogP contribution in [0.25, 0.3) is 4.91 Å². The molecule has 1 atom stereocenters. The highest BCUT2D eigenvalue weighted by atomic mass is 32.2. The summed E-state index contributed by atoms with van der Waals surface area (Å²) in [6.07, 6.45) is -1.11. The Morgan fingerprint density at radius 3 is 2.07 bits per heavy atom. The summed E-state index contributed by atoms with van der Waals surface area (Å²) in [5.74, 6) is -1.30. The molecule has 0 spiro atoms. The molecular weight excluding hydrogens is 392 g/mol. The van der Waals surface area contributed by atoms with Gasteiger partial charge in [0, 0.05) is 0 Å². The van der Waals surface area contributed by atoms with E-state index in [-0.39, 0.29) is 22.5 Å². The van der Waals surface area contributed by atoms with Crippen molar-refractivity contribution in [2.24, 2.45) is 5.41 Å². The van der Waals surface area contributed by atoms with Crippen LogP contribution >= 0.6 is 0 Å². The van der Waals surface area contributed by atoms with E-state index in [1.54, 1.807) is 60.7 Å². The maximum Gasteiger partial charge on any atom is 0.514 e. The molecule has 0 aliphatic carbocycles. The number of carbonyl (C=O) groups is 2. The second kappa shape index (κ2) is 7.83.